The molecule has 2 rings (SSSR count). The highest BCUT2D eigenvalue weighted by Crippen LogP contribution is 2.10. The highest BCUT2D eigenvalue weighted by molar-refractivity contribution is 5.75. The topological polar surface area (TPSA) is 94.2 Å². The molecule has 0 aliphatic rings. The summed E-state index contributed by atoms with van der Waals surface area (Å²) in [6, 6.07) is 0. The van der Waals surface area contributed by atoms with Crippen molar-refractivity contribution < 1.29 is 4.79 Å². The summed E-state index contributed by atoms with van der Waals surface area (Å²) in [5.74, 6) is 0.160. The van der Waals surface area contributed by atoms with Gasteiger partial charge >= 0.3 is 5.69 Å². The Morgan fingerprint density at radius 3 is 2.21 bits per heavy atom. The summed E-state index contributed by atoms with van der Waals surface area (Å²) < 4.78 is 4.45. The molecule has 33 heavy (non-hydrogen) atoms. The Hall–Kier alpha value is -2.42. The zero-order valence-electron chi connectivity index (χ0n) is 20.9. The van der Waals surface area contributed by atoms with Crippen molar-refractivity contribution in [2.24, 2.45) is 14.1 Å². The molecule has 9 nitrogen and oxygen atoms in total. The van der Waals surface area contributed by atoms with Gasteiger partial charge in [0.2, 0.25) is 5.91 Å². The number of nitrogens with zero attached hydrogens (tertiary/aromatic N) is 5. The zero-order chi connectivity index (χ0) is 24.2. The minimum Gasteiger partial charge on any atom is -0.355 e. The molecule has 0 bridgehead atoms. The van der Waals surface area contributed by atoms with E-state index in [4.69, 9.17) is 0 Å². The predicted octanol–water partition coefficient (Wildman–Crippen LogP) is 2.40. The Kier molecular flexibility index (Phi) is 11.4. The Bertz CT molecular complexity index is 986. The summed E-state index contributed by atoms with van der Waals surface area (Å²) in [6.07, 6.45) is 10.5. The summed E-state index contributed by atoms with van der Waals surface area (Å²) in [4.78, 5) is 43.5. The molecule has 0 spiro atoms. The lowest BCUT2D eigenvalue weighted by Gasteiger charge is -2.17. The van der Waals surface area contributed by atoms with Crippen LogP contribution >= 0.6 is 0 Å². The molecule has 186 valence electrons. The molecule has 9 heteroatoms. The normalized spacial score (nSPS) is 11.5. The van der Waals surface area contributed by atoms with E-state index in [1.54, 1.807) is 25.0 Å². The van der Waals surface area contributed by atoms with E-state index in [2.05, 4.69) is 29.0 Å². The molecule has 2 aromatic rings. The summed E-state index contributed by atoms with van der Waals surface area (Å²) in [6.45, 7) is 8.40. The SMILES string of the molecule is CCN(CC)CCNC(=O)CCCCCCCCCCn1c(=O)c2c(ncn2C)n(C)c1=O. The summed E-state index contributed by atoms with van der Waals surface area (Å²) in [5.41, 5.74) is 0.337. The molecule has 0 saturated heterocycles. The zero-order valence-corrected chi connectivity index (χ0v) is 20.9. The summed E-state index contributed by atoms with van der Waals surface area (Å²) in [5, 5.41) is 3.01. The molecule has 0 aromatic carbocycles. The Morgan fingerprint density at radius 1 is 0.970 bits per heavy atom. The maximum atomic E-state index is 12.7. The van der Waals surface area contributed by atoms with Crippen molar-refractivity contribution >= 4 is 17.1 Å². The number of likely N-dealkylation sites (N-methyl/N-ethyl adjacent to an activating group) is 1. The van der Waals surface area contributed by atoms with Crippen LogP contribution in [-0.2, 0) is 25.4 Å². The van der Waals surface area contributed by atoms with E-state index in [-0.39, 0.29) is 17.2 Å². The number of hydrogen-bond donors (Lipinski definition) is 1. The molecule has 1 N–H and O–H groups in total. The van der Waals surface area contributed by atoms with Gasteiger partial charge < -0.3 is 14.8 Å². The van der Waals surface area contributed by atoms with Gasteiger partial charge in [-0.05, 0) is 25.9 Å². The number of rotatable bonds is 16. The largest absolute Gasteiger partial charge is 0.355 e. The third-order valence-electron chi connectivity index (χ3n) is 6.38. The number of fused-ring (bicyclic) bond motifs is 1. The smallest absolute Gasteiger partial charge is 0.332 e. The molecule has 0 fully saturated rings. The van der Waals surface area contributed by atoms with Gasteiger partial charge in [-0.15, -0.1) is 0 Å². The van der Waals surface area contributed by atoms with Gasteiger partial charge in [-0.1, -0.05) is 52.4 Å². The molecular weight excluding hydrogens is 420 g/mol. The maximum absolute atomic E-state index is 12.7. The fraction of sp³-hybridized carbons (Fsp3) is 0.750. The van der Waals surface area contributed by atoms with Crippen molar-refractivity contribution in [2.75, 3.05) is 26.2 Å². The number of hydrogen-bond acceptors (Lipinski definition) is 5. The van der Waals surface area contributed by atoms with Crippen molar-refractivity contribution in [3.63, 3.8) is 0 Å². The van der Waals surface area contributed by atoms with Crippen molar-refractivity contribution in [2.45, 2.75) is 78.2 Å². The quantitative estimate of drug-likeness (QED) is 0.387. The minimum absolute atomic E-state index is 0.160. The second-order valence-corrected chi connectivity index (χ2v) is 8.78. The molecule has 2 aromatic heterocycles. The van der Waals surface area contributed by atoms with E-state index in [1.165, 1.54) is 9.13 Å². The molecule has 0 atom stereocenters. The van der Waals surface area contributed by atoms with Crippen molar-refractivity contribution in [3.8, 4) is 0 Å². The number of imidazole rings is 1. The molecule has 0 aliphatic carbocycles. The highest BCUT2D eigenvalue weighted by Gasteiger charge is 2.14. The third kappa shape index (κ3) is 7.84. The first-order valence-corrected chi connectivity index (χ1v) is 12.5. The molecule has 0 radical (unpaired) electrons. The van der Waals surface area contributed by atoms with Gasteiger partial charge in [0.25, 0.3) is 5.56 Å². The van der Waals surface area contributed by atoms with E-state index < -0.39 is 0 Å². The number of aryl methyl sites for hydroxylation is 2. The van der Waals surface area contributed by atoms with Crippen LogP contribution in [0.1, 0.15) is 71.6 Å². The molecule has 1 amide bonds. The van der Waals surface area contributed by atoms with Gasteiger partial charge in [0.15, 0.2) is 11.2 Å². The Labute approximate surface area is 196 Å². The second kappa shape index (κ2) is 14.0. The van der Waals surface area contributed by atoms with Crippen molar-refractivity contribution in [1.82, 2.24) is 28.9 Å². The van der Waals surface area contributed by atoms with Gasteiger partial charge in [-0.3, -0.25) is 18.7 Å². The van der Waals surface area contributed by atoms with E-state index in [1.807, 2.05) is 0 Å². The van der Waals surface area contributed by atoms with Crippen LogP contribution in [0.3, 0.4) is 0 Å². The van der Waals surface area contributed by atoms with Crippen LogP contribution in [0.2, 0.25) is 0 Å². The maximum Gasteiger partial charge on any atom is 0.332 e. The minimum atomic E-state index is -0.303. The average Bonchev–Trinajstić information content (AvgIpc) is 3.20. The number of nitrogens with one attached hydrogen (secondary N) is 1. The predicted molar refractivity (Wildman–Crippen MR) is 133 cm³/mol. The van der Waals surface area contributed by atoms with Crippen LogP contribution in [0.15, 0.2) is 15.9 Å². The van der Waals surface area contributed by atoms with Crippen LogP contribution in [0.25, 0.3) is 11.2 Å². The summed E-state index contributed by atoms with van der Waals surface area (Å²) in [7, 11) is 3.43. The van der Waals surface area contributed by atoms with E-state index in [9.17, 15) is 14.4 Å². The van der Waals surface area contributed by atoms with Crippen LogP contribution in [0.5, 0.6) is 0 Å². The van der Waals surface area contributed by atoms with Crippen molar-refractivity contribution in [1.29, 1.82) is 0 Å². The summed E-state index contributed by atoms with van der Waals surface area (Å²) >= 11 is 0. The van der Waals surface area contributed by atoms with Gasteiger partial charge in [0.1, 0.15) is 0 Å². The van der Waals surface area contributed by atoms with E-state index >= 15 is 0 Å². The first-order chi connectivity index (χ1) is 15.9. The first-order valence-electron chi connectivity index (χ1n) is 12.5. The average molecular weight is 463 g/mol. The highest BCUT2D eigenvalue weighted by atomic mass is 16.2. The molecule has 0 aliphatic heterocycles. The number of amides is 1. The lowest BCUT2D eigenvalue weighted by atomic mass is 10.1. The number of carbonyl (C=O) groups excluding carboxylic acids is 1. The van der Waals surface area contributed by atoms with Gasteiger partial charge in [-0.25, -0.2) is 9.78 Å². The molecule has 2 heterocycles. The fourth-order valence-corrected chi connectivity index (χ4v) is 4.19. The lowest BCUT2D eigenvalue weighted by molar-refractivity contribution is -0.121. The van der Waals surface area contributed by atoms with Crippen LogP contribution < -0.4 is 16.6 Å². The van der Waals surface area contributed by atoms with Crippen LogP contribution in [0, 0.1) is 0 Å². The van der Waals surface area contributed by atoms with Crippen molar-refractivity contribution in [3.05, 3.63) is 27.2 Å². The Balaban J connectivity index is 1.55. The van der Waals surface area contributed by atoms with Crippen LogP contribution in [-0.4, -0.2) is 55.7 Å². The van der Waals surface area contributed by atoms with Gasteiger partial charge in [-0.2, -0.15) is 0 Å². The molecular formula is C24H42N6O3. The number of aromatic nitrogens is 4. The monoisotopic (exact) mass is 462 g/mol. The van der Waals surface area contributed by atoms with Crippen LogP contribution in [0.4, 0.5) is 0 Å². The number of carbonyl (C=O) groups is 1. The van der Waals surface area contributed by atoms with Gasteiger partial charge in [0.05, 0.1) is 6.33 Å². The Morgan fingerprint density at radius 2 is 1.58 bits per heavy atom. The standard InChI is InChI=1S/C24H42N6O3/c1-5-29(6-2)18-16-25-20(31)15-13-11-9-7-8-10-12-14-17-30-23(32)21-22(26-19-27(21)3)28(4)24(30)33/h19H,5-18H2,1-4H3,(H,25,31). The lowest BCUT2D eigenvalue weighted by Crippen LogP contribution is -2.39. The number of unbranched alkanes of at least 4 members (excludes halogenated alkanes) is 7. The second-order valence-electron chi connectivity index (χ2n) is 8.78. The van der Waals surface area contributed by atoms with E-state index in [0.717, 1.165) is 77.5 Å². The van der Waals surface area contributed by atoms with E-state index in [0.29, 0.717) is 24.1 Å². The third-order valence-corrected chi connectivity index (χ3v) is 6.38. The first kappa shape index (κ1) is 26.8. The fourth-order valence-electron chi connectivity index (χ4n) is 4.19. The molecule has 0 saturated carbocycles. The molecule has 0 unspecified atom stereocenters. The van der Waals surface area contributed by atoms with Gasteiger partial charge in [0, 0.05) is 40.2 Å².